The zero-order valence-corrected chi connectivity index (χ0v) is 14.8. The van der Waals surface area contributed by atoms with Crippen LogP contribution in [0.1, 0.15) is 38.5 Å². The molecule has 1 saturated heterocycles. The van der Waals surface area contributed by atoms with Gasteiger partial charge in [-0.3, -0.25) is 9.69 Å². The molecule has 0 aromatic heterocycles. The Labute approximate surface area is 146 Å². The number of nitrogens with two attached hydrogens (primary N) is 1. The van der Waals surface area contributed by atoms with Gasteiger partial charge in [-0.15, -0.1) is 24.8 Å². The summed E-state index contributed by atoms with van der Waals surface area (Å²) in [6.45, 7) is 4.00. The summed E-state index contributed by atoms with van der Waals surface area (Å²) in [4.78, 5) is 17.5. The van der Waals surface area contributed by atoms with Crippen LogP contribution in [0.2, 0.25) is 0 Å². The maximum Gasteiger partial charge on any atom is 0.227 e. The third-order valence-electron chi connectivity index (χ3n) is 6.48. The highest BCUT2D eigenvalue weighted by atomic mass is 35.5. The normalized spacial score (nSPS) is 38.1. The zero-order valence-electron chi connectivity index (χ0n) is 13.2. The predicted octanol–water partition coefficient (Wildman–Crippen LogP) is 1.90. The summed E-state index contributed by atoms with van der Waals surface area (Å²) in [7, 11) is 0. The van der Waals surface area contributed by atoms with Crippen LogP contribution in [0.15, 0.2) is 0 Å². The van der Waals surface area contributed by atoms with Gasteiger partial charge in [0, 0.05) is 38.3 Å². The number of piperazine rings is 1. The van der Waals surface area contributed by atoms with Crippen molar-refractivity contribution < 1.29 is 4.79 Å². The number of hydrogen-bond acceptors (Lipinski definition) is 3. The van der Waals surface area contributed by atoms with Crippen molar-refractivity contribution in [1.82, 2.24) is 9.80 Å². The van der Waals surface area contributed by atoms with Crippen LogP contribution in [0.5, 0.6) is 0 Å². The Morgan fingerprint density at radius 3 is 2.05 bits per heavy atom. The number of carbonyl (C=O) groups excluding carboxylic acids is 1. The lowest BCUT2D eigenvalue weighted by atomic mass is 9.84. The number of hydrogen-bond donors (Lipinski definition) is 1. The number of fused-ring (bicyclic) bond motifs is 2. The molecule has 2 N–H and O–H groups in total. The SMILES string of the molecule is Cl.Cl.NC1C2CCC(C2)C1C(=O)N1CCN(C2CCC2)CC1. The van der Waals surface area contributed by atoms with Crippen molar-refractivity contribution in [3.05, 3.63) is 0 Å². The van der Waals surface area contributed by atoms with Crippen molar-refractivity contribution in [3.8, 4) is 0 Å². The maximum atomic E-state index is 12.8. The van der Waals surface area contributed by atoms with Crippen LogP contribution >= 0.6 is 24.8 Å². The Hall–Kier alpha value is -0.0300. The second kappa shape index (κ2) is 7.25. The van der Waals surface area contributed by atoms with Gasteiger partial charge in [0.05, 0.1) is 5.92 Å². The summed E-state index contributed by atoms with van der Waals surface area (Å²) in [6.07, 6.45) is 7.82. The highest BCUT2D eigenvalue weighted by molar-refractivity contribution is 5.85. The molecule has 4 atom stereocenters. The first kappa shape index (κ1) is 18.3. The molecule has 0 aromatic carbocycles. The quantitative estimate of drug-likeness (QED) is 0.828. The fraction of sp³-hybridized carbons (Fsp3) is 0.938. The first-order valence-electron chi connectivity index (χ1n) is 8.52. The number of amides is 1. The van der Waals surface area contributed by atoms with Gasteiger partial charge in [-0.2, -0.15) is 0 Å². The number of carbonyl (C=O) groups is 1. The fourth-order valence-electron chi connectivity index (χ4n) is 4.97. The summed E-state index contributed by atoms with van der Waals surface area (Å²) >= 11 is 0. The van der Waals surface area contributed by atoms with E-state index in [9.17, 15) is 4.79 Å². The average Bonchev–Trinajstić information content (AvgIpc) is 2.97. The zero-order chi connectivity index (χ0) is 13.7. The van der Waals surface area contributed by atoms with E-state index < -0.39 is 0 Å². The molecule has 0 radical (unpaired) electrons. The summed E-state index contributed by atoms with van der Waals surface area (Å²) in [5, 5.41) is 0. The van der Waals surface area contributed by atoms with Gasteiger partial charge in [0.1, 0.15) is 0 Å². The lowest BCUT2D eigenvalue weighted by molar-refractivity contribution is -0.140. The van der Waals surface area contributed by atoms with E-state index in [0.717, 1.165) is 32.2 Å². The average molecular weight is 350 g/mol. The molecular formula is C16H29Cl2N3O. The van der Waals surface area contributed by atoms with E-state index in [2.05, 4.69) is 9.80 Å². The highest BCUT2D eigenvalue weighted by Gasteiger charge is 2.50. The molecule has 1 amide bonds. The van der Waals surface area contributed by atoms with Gasteiger partial charge < -0.3 is 10.6 Å². The molecule has 2 bridgehead atoms. The van der Waals surface area contributed by atoms with E-state index in [1.54, 1.807) is 0 Å². The molecule has 3 saturated carbocycles. The molecule has 4 rings (SSSR count). The fourth-order valence-corrected chi connectivity index (χ4v) is 4.97. The molecular weight excluding hydrogens is 321 g/mol. The van der Waals surface area contributed by atoms with E-state index in [0.29, 0.717) is 17.7 Å². The van der Waals surface area contributed by atoms with Gasteiger partial charge in [-0.1, -0.05) is 6.42 Å². The first-order chi connectivity index (χ1) is 9.74. The minimum atomic E-state index is 0. The number of halogens is 2. The molecule has 0 aromatic rings. The Morgan fingerprint density at radius 1 is 0.909 bits per heavy atom. The number of rotatable bonds is 2. The second-order valence-electron chi connectivity index (χ2n) is 7.38. The van der Waals surface area contributed by atoms with Crippen LogP contribution in [0.3, 0.4) is 0 Å². The van der Waals surface area contributed by atoms with Crippen LogP contribution in [0.25, 0.3) is 0 Å². The molecule has 128 valence electrons. The number of nitrogens with zero attached hydrogens (tertiary/aromatic N) is 2. The van der Waals surface area contributed by atoms with Crippen molar-refractivity contribution >= 4 is 30.7 Å². The summed E-state index contributed by atoms with van der Waals surface area (Å²) < 4.78 is 0. The van der Waals surface area contributed by atoms with Crippen LogP contribution in [0, 0.1) is 17.8 Å². The molecule has 0 spiro atoms. The van der Waals surface area contributed by atoms with E-state index in [4.69, 9.17) is 5.73 Å². The van der Waals surface area contributed by atoms with Crippen LogP contribution < -0.4 is 5.73 Å². The minimum Gasteiger partial charge on any atom is -0.340 e. The van der Waals surface area contributed by atoms with Gasteiger partial charge in [0.25, 0.3) is 0 Å². The second-order valence-corrected chi connectivity index (χ2v) is 7.38. The summed E-state index contributed by atoms with van der Waals surface area (Å²) in [5.74, 6) is 1.74. The van der Waals surface area contributed by atoms with Crippen LogP contribution in [0.4, 0.5) is 0 Å². The first-order valence-corrected chi connectivity index (χ1v) is 8.52. The Bertz CT molecular complexity index is 395. The largest absolute Gasteiger partial charge is 0.340 e. The Morgan fingerprint density at radius 2 is 1.55 bits per heavy atom. The third kappa shape index (κ3) is 3.00. The molecule has 4 nitrogen and oxygen atoms in total. The van der Waals surface area contributed by atoms with Gasteiger partial charge >= 0.3 is 0 Å². The lowest BCUT2D eigenvalue weighted by Gasteiger charge is -2.44. The standard InChI is InChI=1S/C16H27N3O.2ClH/c17-15-12-5-4-11(10-12)14(15)16(20)19-8-6-18(7-9-19)13-2-1-3-13;;/h11-15H,1-10,17H2;2*1H. The van der Waals surface area contributed by atoms with Gasteiger partial charge in [0.2, 0.25) is 5.91 Å². The maximum absolute atomic E-state index is 12.8. The molecule has 22 heavy (non-hydrogen) atoms. The minimum absolute atomic E-state index is 0. The lowest BCUT2D eigenvalue weighted by Crippen LogP contribution is -2.56. The molecule has 3 aliphatic carbocycles. The molecule has 4 unspecified atom stereocenters. The summed E-state index contributed by atoms with van der Waals surface area (Å²) in [5.41, 5.74) is 6.32. The molecule has 6 heteroatoms. The smallest absolute Gasteiger partial charge is 0.227 e. The van der Waals surface area contributed by atoms with E-state index in [1.165, 1.54) is 38.5 Å². The van der Waals surface area contributed by atoms with Gasteiger partial charge in [-0.25, -0.2) is 0 Å². The predicted molar refractivity (Wildman–Crippen MR) is 92.6 cm³/mol. The molecule has 4 aliphatic rings. The van der Waals surface area contributed by atoms with Gasteiger partial charge in [0.15, 0.2) is 0 Å². The van der Waals surface area contributed by atoms with Crippen molar-refractivity contribution in [2.24, 2.45) is 23.5 Å². The highest BCUT2D eigenvalue weighted by Crippen LogP contribution is 2.48. The van der Waals surface area contributed by atoms with Crippen LogP contribution in [-0.2, 0) is 4.79 Å². The molecule has 1 aliphatic heterocycles. The van der Waals surface area contributed by atoms with E-state index in [1.807, 2.05) is 0 Å². The molecule has 1 heterocycles. The van der Waals surface area contributed by atoms with Gasteiger partial charge in [-0.05, 0) is 43.9 Å². The third-order valence-corrected chi connectivity index (χ3v) is 6.48. The Kier molecular flexibility index (Phi) is 6.03. The molecule has 4 fully saturated rings. The Balaban J connectivity index is 0.000000882. The van der Waals surface area contributed by atoms with E-state index >= 15 is 0 Å². The van der Waals surface area contributed by atoms with Crippen molar-refractivity contribution in [2.45, 2.75) is 50.6 Å². The van der Waals surface area contributed by atoms with Crippen LogP contribution in [-0.4, -0.2) is 54.0 Å². The van der Waals surface area contributed by atoms with Crippen molar-refractivity contribution in [1.29, 1.82) is 0 Å². The van der Waals surface area contributed by atoms with Crippen molar-refractivity contribution in [2.75, 3.05) is 26.2 Å². The van der Waals surface area contributed by atoms with E-state index in [-0.39, 0.29) is 36.8 Å². The summed E-state index contributed by atoms with van der Waals surface area (Å²) in [6, 6.07) is 0.961. The van der Waals surface area contributed by atoms with Crippen molar-refractivity contribution in [3.63, 3.8) is 0 Å². The topological polar surface area (TPSA) is 49.6 Å². The monoisotopic (exact) mass is 349 g/mol.